The highest BCUT2D eigenvalue weighted by Gasteiger charge is 2.30. The molecule has 2 aliphatic rings. The molecule has 0 unspecified atom stereocenters. The second-order valence-corrected chi connectivity index (χ2v) is 7.78. The van der Waals surface area contributed by atoms with Gasteiger partial charge in [0, 0.05) is 35.7 Å². The van der Waals surface area contributed by atoms with Crippen molar-refractivity contribution in [2.45, 2.75) is 56.5 Å². The van der Waals surface area contributed by atoms with Gasteiger partial charge in [0.05, 0.1) is 6.61 Å². The van der Waals surface area contributed by atoms with E-state index in [9.17, 15) is 13.6 Å². The molecule has 2 heterocycles. The molecule has 2 saturated heterocycles. The van der Waals surface area contributed by atoms with Gasteiger partial charge in [-0.1, -0.05) is 0 Å². The summed E-state index contributed by atoms with van der Waals surface area (Å²) in [6, 6.07) is 2.81. The monoisotopic (exact) mass is 401 g/mol. The minimum atomic E-state index is -0.832. The first kappa shape index (κ1) is 20.4. The summed E-state index contributed by atoms with van der Waals surface area (Å²) in [4.78, 5) is 14.2. The summed E-state index contributed by atoms with van der Waals surface area (Å²) in [5.74, 6) is -1.04. The molecule has 0 aliphatic carbocycles. The molecule has 0 spiro atoms. The van der Waals surface area contributed by atoms with E-state index in [0.717, 1.165) is 4.90 Å². The predicted molar refractivity (Wildman–Crippen MR) is 97.7 cm³/mol. The maximum Gasteiger partial charge on any atom is 0.409 e. The fourth-order valence-corrected chi connectivity index (χ4v) is 4.57. The first-order valence-electron chi connectivity index (χ1n) is 9.33. The van der Waals surface area contributed by atoms with Crippen LogP contribution in [-0.2, 0) is 14.2 Å². The molecular weight excluding hydrogens is 376 g/mol. The number of likely N-dealkylation sites (tertiary alicyclic amines) is 1. The molecule has 5 nitrogen and oxygen atoms in total. The summed E-state index contributed by atoms with van der Waals surface area (Å²) >= 11 is 1.49. The van der Waals surface area contributed by atoms with Gasteiger partial charge in [0.15, 0.2) is 24.2 Å². The van der Waals surface area contributed by atoms with Gasteiger partial charge in [-0.05, 0) is 44.7 Å². The van der Waals surface area contributed by atoms with E-state index in [4.69, 9.17) is 14.2 Å². The Hall–Kier alpha value is -1.38. The van der Waals surface area contributed by atoms with Gasteiger partial charge in [0.25, 0.3) is 0 Å². The van der Waals surface area contributed by atoms with Crippen molar-refractivity contribution in [2.24, 2.45) is 0 Å². The fraction of sp³-hybridized carbons (Fsp3) is 0.632. The summed E-state index contributed by atoms with van der Waals surface area (Å²) in [5, 5.41) is 0. The van der Waals surface area contributed by atoms with Crippen LogP contribution in [0, 0.1) is 11.6 Å². The van der Waals surface area contributed by atoms with Crippen LogP contribution in [0.15, 0.2) is 17.0 Å². The molecule has 8 heteroatoms. The molecule has 0 N–H and O–H groups in total. The molecule has 2 fully saturated rings. The lowest BCUT2D eigenvalue weighted by Gasteiger charge is -2.34. The van der Waals surface area contributed by atoms with Crippen LogP contribution in [-0.4, -0.2) is 49.0 Å². The van der Waals surface area contributed by atoms with Crippen molar-refractivity contribution < 1.29 is 27.8 Å². The lowest BCUT2D eigenvalue weighted by molar-refractivity contribution is -0.375. The van der Waals surface area contributed by atoms with E-state index < -0.39 is 11.6 Å². The molecule has 1 amide bonds. The number of benzene rings is 1. The molecule has 1 aromatic rings. The van der Waals surface area contributed by atoms with Crippen molar-refractivity contribution in [2.75, 3.05) is 25.4 Å². The molecule has 0 atom stereocenters. The standard InChI is InChI=1S/C19H25F2NO4S/c1-3-24-19(23)22-9-6-13(7-10-22)17-15(5-4-14(20)18(17)21)27-11-8-16-25-12(2)26-16/h4-5,12-13,16H,3,6-11H2,1-2H3. The zero-order valence-electron chi connectivity index (χ0n) is 15.6. The molecule has 2 aliphatic heterocycles. The number of amides is 1. The fourth-order valence-electron chi connectivity index (χ4n) is 3.46. The maximum absolute atomic E-state index is 14.6. The van der Waals surface area contributed by atoms with Crippen LogP contribution in [0.4, 0.5) is 13.6 Å². The number of rotatable bonds is 6. The van der Waals surface area contributed by atoms with Crippen LogP contribution in [0.1, 0.15) is 44.6 Å². The van der Waals surface area contributed by atoms with Crippen LogP contribution >= 0.6 is 11.8 Å². The summed E-state index contributed by atoms with van der Waals surface area (Å²) in [6.07, 6.45) is 1.13. The van der Waals surface area contributed by atoms with Gasteiger partial charge in [-0.3, -0.25) is 0 Å². The van der Waals surface area contributed by atoms with Crippen LogP contribution in [0.25, 0.3) is 0 Å². The normalized spacial score (nSPS) is 23.2. The Labute approximate surface area is 162 Å². The van der Waals surface area contributed by atoms with E-state index in [-0.39, 0.29) is 24.6 Å². The van der Waals surface area contributed by atoms with Crippen LogP contribution in [0.2, 0.25) is 0 Å². The quantitative estimate of drug-likeness (QED) is 0.657. The minimum absolute atomic E-state index is 0.120. The van der Waals surface area contributed by atoms with E-state index in [1.54, 1.807) is 17.9 Å². The summed E-state index contributed by atoms with van der Waals surface area (Å²) in [7, 11) is 0. The molecule has 0 radical (unpaired) electrons. The molecule has 3 rings (SSSR count). The molecule has 150 valence electrons. The van der Waals surface area contributed by atoms with Crippen molar-refractivity contribution in [1.82, 2.24) is 4.90 Å². The molecule has 27 heavy (non-hydrogen) atoms. The molecular formula is C19H25F2NO4S. The number of carbonyl (C=O) groups is 1. The lowest BCUT2D eigenvalue weighted by atomic mass is 9.89. The average Bonchev–Trinajstić information content (AvgIpc) is 2.63. The zero-order chi connectivity index (χ0) is 19.4. The Balaban J connectivity index is 1.63. The molecule has 1 aromatic carbocycles. The zero-order valence-corrected chi connectivity index (χ0v) is 16.4. The highest BCUT2D eigenvalue weighted by molar-refractivity contribution is 7.99. The van der Waals surface area contributed by atoms with Gasteiger partial charge in [-0.2, -0.15) is 0 Å². The van der Waals surface area contributed by atoms with Crippen molar-refractivity contribution in [1.29, 1.82) is 0 Å². The second-order valence-electron chi connectivity index (χ2n) is 6.64. The Bertz CT molecular complexity index is 661. The van der Waals surface area contributed by atoms with Gasteiger partial charge in [0.2, 0.25) is 0 Å². The van der Waals surface area contributed by atoms with E-state index in [2.05, 4.69) is 0 Å². The number of halogens is 2. The van der Waals surface area contributed by atoms with Crippen molar-refractivity contribution in [3.05, 3.63) is 29.3 Å². The topological polar surface area (TPSA) is 48.0 Å². The third-order valence-electron chi connectivity index (χ3n) is 4.82. The van der Waals surface area contributed by atoms with E-state index in [1.807, 2.05) is 6.92 Å². The Morgan fingerprint density at radius 3 is 2.63 bits per heavy atom. The molecule has 0 saturated carbocycles. The van der Waals surface area contributed by atoms with Crippen molar-refractivity contribution in [3.8, 4) is 0 Å². The van der Waals surface area contributed by atoms with Gasteiger partial charge < -0.3 is 19.1 Å². The van der Waals surface area contributed by atoms with E-state index >= 15 is 0 Å². The summed E-state index contributed by atoms with van der Waals surface area (Å²) < 4.78 is 44.3. The predicted octanol–water partition coefficient (Wildman–Crippen LogP) is 4.50. The van der Waals surface area contributed by atoms with Crippen LogP contribution in [0.5, 0.6) is 0 Å². The minimum Gasteiger partial charge on any atom is -0.450 e. The van der Waals surface area contributed by atoms with E-state index in [1.165, 1.54) is 17.8 Å². The smallest absolute Gasteiger partial charge is 0.409 e. The van der Waals surface area contributed by atoms with Crippen LogP contribution < -0.4 is 0 Å². The van der Waals surface area contributed by atoms with Crippen LogP contribution in [0.3, 0.4) is 0 Å². The van der Waals surface area contributed by atoms with Gasteiger partial charge in [-0.15, -0.1) is 11.8 Å². The number of carbonyl (C=O) groups excluding carboxylic acids is 1. The first-order chi connectivity index (χ1) is 13.0. The van der Waals surface area contributed by atoms with Gasteiger partial charge >= 0.3 is 6.09 Å². The Morgan fingerprint density at radius 2 is 2.00 bits per heavy atom. The van der Waals surface area contributed by atoms with Crippen molar-refractivity contribution >= 4 is 17.9 Å². The Kier molecular flexibility index (Phi) is 6.94. The lowest BCUT2D eigenvalue weighted by Crippen LogP contribution is -2.39. The molecule has 0 aromatic heterocycles. The maximum atomic E-state index is 14.6. The number of thioether (sulfide) groups is 1. The summed E-state index contributed by atoms with van der Waals surface area (Å²) in [5.41, 5.74) is 0.423. The van der Waals surface area contributed by atoms with Crippen molar-refractivity contribution in [3.63, 3.8) is 0 Å². The Morgan fingerprint density at radius 1 is 1.30 bits per heavy atom. The second kappa shape index (κ2) is 9.21. The third-order valence-corrected chi connectivity index (χ3v) is 5.93. The number of hydrogen-bond acceptors (Lipinski definition) is 5. The first-order valence-corrected chi connectivity index (χ1v) is 10.3. The SMILES string of the molecule is CCOC(=O)N1CCC(c2c(SCCC3OC(C)O3)ccc(F)c2F)CC1. The van der Waals surface area contributed by atoms with Gasteiger partial charge in [0.1, 0.15) is 0 Å². The number of ether oxygens (including phenoxy) is 3. The number of nitrogens with zero attached hydrogens (tertiary/aromatic N) is 1. The molecule has 0 bridgehead atoms. The highest BCUT2D eigenvalue weighted by Crippen LogP contribution is 2.38. The number of piperidine rings is 1. The van der Waals surface area contributed by atoms with E-state index in [0.29, 0.717) is 50.3 Å². The number of hydrogen-bond donors (Lipinski definition) is 0. The largest absolute Gasteiger partial charge is 0.450 e. The average molecular weight is 401 g/mol. The third kappa shape index (κ3) is 4.92. The summed E-state index contributed by atoms with van der Waals surface area (Å²) in [6.45, 7) is 4.87. The van der Waals surface area contributed by atoms with Gasteiger partial charge in [-0.25, -0.2) is 13.6 Å². The highest BCUT2D eigenvalue weighted by atomic mass is 32.2.